The van der Waals surface area contributed by atoms with E-state index in [1.54, 1.807) is 13.8 Å². The van der Waals surface area contributed by atoms with Crippen LogP contribution in [0.25, 0.3) is 0 Å². The summed E-state index contributed by atoms with van der Waals surface area (Å²) in [5.74, 6) is 5.54. The Morgan fingerprint density at radius 3 is 2.30 bits per heavy atom. The fraction of sp³-hybridized carbons (Fsp3) is 0.556. The van der Waals surface area contributed by atoms with E-state index in [0.29, 0.717) is 0 Å². The van der Waals surface area contributed by atoms with Crippen LogP contribution >= 0.6 is 0 Å². The summed E-state index contributed by atoms with van der Waals surface area (Å²) in [4.78, 5) is 0. The maximum atomic E-state index is 9.16. The second-order valence-corrected chi connectivity index (χ2v) is 2.78. The molecule has 0 saturated carbocycles. The van der Waals surface area contributed by atoms with Gasteiger partial charge in [-0.1, -0.05) is 17.9 Å². The summed E-state index contributed by atoms with van der Waals surface area (Å²) >= 11 is 0. The molecule has 0 fully saturated rings. The maximum absolute atomic E-state index is 9.16. The van der Waals surface area contributed by atoms with Crippen molar-refractivity contribution in [1.29, 1.82) is 0 Å². The molecule has 0 bridgehead atoms. The molecule has 0 spiro atoms. The topological polar surface area (TPSA) is 20.2 Å². The monoisotopic (exact) mass is 138 g/mol. The molecule has 0 aliphatic carbocycles. The summed E-state index contributed by atoms with van der Waals surface area (Å²) in [6.07, 6.45) is 1.92. The lowest BCUT2D eigenvalue weighted by molar-refractivity contribution is 0.143. The SMILES string of the molecule is CC=C(C)C#CC(C)(C)O. The van der Waals surface area contributed by atoms with Gasteiger partial charge in [0, 0.05) is 0 Å². The first-order valence-corrected chi connectivity index (χ1v) is 3.34. The molecule has 0 aliphatic heterocycles. The average molecular weight is 138 g/mol. The van der Waals surface area contributed by atoms with E-state index in [2.05, 4.69) is 11.8 Å². The summed E-state index contributed by atoms with van der Waals surface area (Å²) in [6.45, 7) is 7.18. The Kier molecular flexibility index (Phi) is 3.18. The highest BCUT2D eigenvalue weighted by Gasteiger charge is 2.04. The van der Waals surface area contributed by atoms with Gasteiger partial charge in [-0.2, -0.15) is 0 Å². The lowest BCUT2D eigenvalue weighted by Gasteiger charge is -2.05. The van der Waals surface area contributed by atoms with Gasteiger partial charge in [0.15, 0.2) is 0 Å². The van der Waals surface area contributed by atoms with Crippen LogP contribution in [0.4, 0.5) is 0 Å². The fourth-order valence-corrected chi connectivity index (χ4v) is 0.324. The van der Waals surface area contributed by atoms with Crippen molar-refractivity contribution < 1.29 is 5.11 Å². The van der Waals surface area contributed by atoms with Gasteiger partial charge >= 0.3 is 0 Å². The zero-order valence-electron chi connectivity index (χ0n) is 7.02. The molecule has 0 amide bonds. The lowest BCUT2D eigenvalue weighted by atomic mass is 10.1. The summed E-state index contributed by atoms with van der Waals surface area (Å²) < 4.78 is 0. The van der Waals surface area contributed by atoms with Crippen LogP contribution in [0.5, 0.6) is 0 Å². The number of rotatable bonds is 0. The highest BCUT2D eigenvalue weighted by molar-refractivity contribution is 5.28. The van der Waals surface area contributed by atoms with Gasteiger partial charge in [0.25, 0.3) is 0 Å². The Balaban J connectivity index is 4.19. The van der Waals surface area contributed by atoms with Crippen molar-refractivity contribution in [2.75, 3.05) is 0 Å². The van der Waals surface area contributed by atoms with Crippen molar-refractivity contribution in [3.8, 4) is 11.8 Å². The molecular formula is C9H14O. The summed E-state index contributed by atoms with van der Waals surface area (Å²) in [5, 5.41) is 9.16. The molecule has 0 saturated heterocycles. The van der Waals surface area contributed by atoms with E-state index in [-0.39, 0.29) is 0 Å². The first-order valence-electron chi connectivity index (χ1n) is 3.34. The van der Waals surface area contributed by atoms with Crippen molar-refractivity contribution in [2.24, 2.45) is 0 Å². The summed E-state index contributed by atoms with van der Waals surface area (Å²) in [7, 11) is 0. The second-order valence-electron chi connectivity index (χ2n) is 2.78. The van der Waals surface area contributed by atoms with E-state index >= 15 is 0 Å². The Bertz CT molecular complexity index is 183. The Labute approximate surface area is 62.8 Å². The third-order valence-electron chi connectivity index (χ3n) is 0.999. The van der Waals surface area contributed by atoms with Gasteiger partial charge in [0.05, 0.1) is 0 Å². The van der Waals surface area contributed by atoms with Crippen LogP contribution in [0.1, 0.15) is 27.7 Å². The highest BCUT2D eigenvalue weighted by atomic mass is 16.3. The molecule has 1 heteroatoms. The molecular weight excluding hydrogens is 124 g/mol. The molecule has 0 heterocycles. The zero-order chi connectivity index (χ0) is 8.20. The number of hydrogen-bond acceptors (Lipinski definition) is 1. The van der Waals surface area contributed by atoms with E-state index in [0.717, 1.165) is 5.57 Å². The van der Waals surface area contributed by atoms with Crippen LogP contribution in [-0.2, 0) is 0 Å². The van der Waals surface area contributed by atoms with Crippen LogP contribution in [0.15, 0.2) is 11.6 Å². The van der Waals surface area contributed by atoms with Gasteiger partial charge in [0.2, 0.25) is 0 Å². The minimum absolute atomic E-state index is 0.871. The average Bonchev–Trinajstić information content (AvgIpc) is 1.81. The molecule has 0 aromatic rings. The van der Waals surface area contributed by atoms with Gasteiger partial charge in [-0.05, 0) is 33.3 Å². The molecule has 0 rings (SSSR count). The summed E-state index contributed by atoms with van der Waals surface area (Å²) in [6, 6.07) is 0. The first-order chi connectivity index (χ1) is 4.45. The van der Waals surface area contributed by atoms with Crippen LogP contribution in [-0.4, -0.2) is 10.7 Å². The third kappa shape index (κ3) is 5.40. The van der Waals surface area contributed by atoms with Gasteiger partial charge in [0.1, 0.15) is 5.60 Å². The second kappa shape index (κ2) is 3.43. The van der Waals surface area contributed by atoms with E-state index < -0.39 is 5.60 Å². The van der Waals surface area contributed by atoms with Crippen LogP contribution < -0.4 is 0 Å². The first kappa shape index (κ1) is 9.26. The number of allylic oxidation sites excluding steroid dienone is 2. The number of aliphatic hydroxyl groups is 1. The molecule has 1 nitrogen and oxygen atoms in total. The predicted molar refractivity (Wildman–Crippen MR) is 43.5 cm³/mol. The largest absolute Gasteiger partial charge is 0.378 e. The smallest absolute Gasteiger partial charge is 0.120 e. The predicted octanol–water partition coefficient (Wildman–Crippen LogP) is 1.73. The standard InChI is InChI=1S/C9H14O/c1-5-8(2)6-7-9(3,4)10/h5,10H,1-4H3. The minimum Gasteiger partial charge on any atom is -0.378 e. The molecule has 0 aromatic heterocycles. The molecule has 0 aromatic carbocycles. The van der Waals surface area contributed by atoms with Crippen LogP contribution in [0.2, 0.25) is 0 Å². The molecule has 0 atom stereocenters. The van der Waals surface area contributed by atoms with Crippen molar-refractivity contribution in [1.82, 2.24) is 0 Å². The van der Waals surface area contributed by atoms with E-state index in [1.807, 2.05) is 19.9 Å². The van der Waals surface area contributed by atoms with E-state index in [9.17, 15) is 0 Å². The van der Waals surface area contributed by atoms with Crippen molar-refractivity contribution in [3.05, 3.63) is 11.6 Å². The van der Waals surface area contributed by atoms with Crippen molar-refractivity contribution in [3.63, 3.8) is 0 Å². The quantitative estimate of drug-likeness (QED) is 0.505. The van der Waals surface area contributed by atoms with E-state index in [1.165, 1.54) is 0 Å². The zero-order valence-corrected chi connectivity index (χ0v) is 7.02. The fourth-order valence-electron chi connectivity index (χ4n) is 0.324. The third-order valence-corrected chi connectivity index (χ3v) is 0.999. The number of hydrogen-bond donors (Lipinski definition) is 1. The Hall–Kier alpha value is -0.740. The minimum atomic E-state index is -0.871. The molecule has 56 valence electrons. The molecule has 0 unspecified atom stereocenters. The van der Waals surface area contributed by atoms with Crippen molar-refractivity contribution >= 4 is 0 Å². The van der Waals surface area contributed by atoms with Crippen LogP contribution in [0.3, 0.4) is 0 Å². The maximum Gasteiger partial charge on any atom is 0.120 e. The van der Waals surface area contributed by atoms with Gasteiger partial charge in [-0.15, -0.1) is 0 Å². The molecule has 0 aliphatic rings. The highest BCUT2D eigenvalue weighted by Crippen LogP contribution is 1.98. The van der Waals surface area contributed by atoms with Gasteiger partial charge in [-0.3, -0.25) is 0 Å². The lowest BCUT2D eigenvalue weighted by Crippen LogP contribution is -2.14. The summed E-state index contributed by atoms with van der Waals surface area (Å²) in [5.41, 5.74) is 0.117. The molecule has 10 heavy (non-hydrogen) atoms. The van der Waals surface area contributed by atoms with Gasteiger partial charge in [-0.25, -0.2) is 0 Å². The van der Waals surface area contributed by atoms with Crippen LogP contribution in [0, 0.1) is 11.8 Å². The van der Waals surface area contributed by atoms with Gasteiger partial charge < -0.3 is 5.11 Å². The Morgan fingerprint density at radius 2 is 2.00 bits per heavy atom. The normalized spacial score (nSPS) is 12.3. The van der Waals surface area contributed by atoms with Crippen molar-refractivity contribution in [2.45, 2.75) is 33.3 Å². The Morgan fingerprint density at radius 1 is 1.50 bits per heavy atom. The molecule has 1 N–H and O–H groups in total. The van der Waals surface area contributed by atoms with E-state index in [4.69, 9.17) is 5.11 Å². The molecule has 0 radical (unpaired) electrons.